The number of ether oxygens (including phenoxy) is 1. The average Bonchev–Trinajstić information content (AvgIpc) is 2.82. The molecule has 0 aliphatic carbocycles. The highest BCUT2D eigenvalue weighted by molar-refractivity contribution is 5.83. The Hall–Kier alpha value is -2.16. The summed E-state index contributed by atoms with van der Waals surface area (Å²) in [4.78, 5) is 25.8. The van der Waals surface area contributed by atoms with Crippen molar-refractivity contribution in [3.63, 3.8) is 0 Å². The summed E-state index contributed by atoms with van der Waals surface area (Å²) in [6.45, 7) is 4.25. The zero-order valence-corrected chi connectivity index (χ0v) is 21.6. The zero-order valence-electron chi connectivity index (χ0n) is 21.6. The van der Waals surface area contributed by atoms with Crippen LogP contribution in [0.4, 0.5) is 0 Å². The molecule has 0 saturated heterocycles. The van der Waals surface area contributed by atoms with Crippen molar-refractivity contribution in [3.8, 4) is 5.75 Å². The zero-order chi connectivity index (χ0) is 26.2. The summed E-state index contributed by atoms with van der Waals surface area (Å²) in [5, 5.41) is 38.4. The number of unbranched alkanes of at least 4 members (excludes halogenated alkanes) is 1. The number of nitrogens with zero attached hydrogens (tertiary/aromatic N) is 1. The van der Waals surface area contributed by atoms with E-state index in [0.29, 0.717) is 43.8 Å². The molecule has 0 aliphatic rings. The molecule has 0 bridgehead atoms. The molecule has 1 rings (SSSR count). The number of carboxylic acids is 1. The van der Waals surface area contributed by atoms with E-state index in [1.165, 1.54) is 11.9 Å². The fourth-order valence-electron chi connectivity index (χ4n) is 4.12. The number of carbonyl (C=O) groups excluding carboxylic acids is 1. The molecule has 200 valence electrons. The number of hydrogen-bond donors (Lipinski definition) is 4. The minimum atomic E-state index is -1.04. The first-order valence-electron chi connectivity index (χ1n) is 12.8. The van der Waals surface area contributed by atoms with Gasteiger partial charge in [-0.15, -0.1) is 0 Å². The number of benzene rings is 1. The van der Waals surface area contributed by atoms with Crippen molar-refractivity contribution in [2.24, 2.45) is 5.92 Å². The normalized spacial score (nSPS) is 14.7. The van der Waals surface area contributed by atoms with E-state index in [1.807, 2.05) is 6.92 Å². The lowest BCUT2D eigenvalue weighted by Gasteiger charge is -2.25. The quantitative estimate of drug-likeness (QED) is 0.217. The van der Waals surface area contributed by atoms with Crippen LogP contribution in [0.5, 0.6) is 5.75 Å². The third-order valence-corrected chi connectivity index (χ3v) is 6.35. The Morgan fingerprint density at radius 3 is 2.26 bits per heavy atom. The fraction of sp³-hybridized carbons (Fsp3) is 0.704. The van der Waals surface area contributed by atoms with Gasteiger partial charge in [0.2, 0.25) is 5.91 Å². The first-order valence-corrected chi connectivity index (χ1v) is 12.8. The highest BCUT2D eigenvalue weighted by atomic mass is 16.5. The summed E-state index contributed by atoms with van der Waals surface area (Å²) in [7, 11) is 1.54. The number of aliphatic hydroxyl groups excluding tert-OH is 3. The van der Waals surface area contributed by atoms with Crippen LogP contribution in [0, 0.1) is 5.92 Å². The Morgan fingerprint density at radius 2 is 1.66 bits per heavy atom. The predicted octanol–water partition coefficient (Wildman–Crippen LogP) is 3.40. The van der Waals surface area contributed by atoms with E-state index in [9.17, 15) is 24.9 Å². The van der Waals surface area contributed by atoms with Crippen LogP contribution in [0.2, 0.25) is 0 Å². The van der Waals surface area contributed by atoms with Crippen molar-refractivity contribution in [1.82, 2.24) is 4.90 Å². The Morgan fingerprint density at radius 1 is 1.00 bits per heavy atom. The molecule has 0 aromatic heterocycles. The summed E-state index contributed by atoms with van der Waals surface area (Å²) >= 11 is 0. The summed E-state index contributed by atoms with van der Waals surface area (Å²) in [5.41, 5.74) is 0.784. The first kappa shape index (κ1) is 30.9. The highest BCUT2D eigenvalue weighted by Crippen LogP contribution is 2.19. The Balaban J connectivity index is 2.39. The summed E-state index contributed by atoms with van der Waals surface area (Å²) in [6.07, 6.45) is 5.65. The molecular weight excluding hydrogens is 450 g/mol. The lowest BCUT2D eigenvalue weighted by atomic mass is 9.94. The molecule has 1 amide bonds. The minimum absolute atomic E-state index is 0.0814. The molecule has 0 radical (unpaired) electrons. The molecule has 1 aromatic rings. The van der Waals surface area contributed by atoms with Gasteiger partial charge in [-0.3, -0.25) is 4.79 Å². The van der Waals surface area contributed by atoms with E-state index in [4.69, 9.17) is 9.84 Å². The number of carbonyl (C=O) groups is 2. The lowest BCUT2D eigenvalue weighted by molar-refractivity contribution is -0.149. The second-order valence-corrected chi connectivity index (χ2v) is 9.54. The average molecular weight is 496 g/mol. The van der Waals surface area contributed by atoms with Gasteiger partial charge >= 0.3 is 5.97 Å². The standard InChI is InChI=1S/C27H45NO7/c1-4-7-22(30)19-23(31)13-10-20(2)8-5-6-9-26(32)28(3)25(27(33)34)18-21-11-14-24(15-12-21)35-17-16-29/h11-12,14-15,20,22-23,25,29-31H,4-10,13,16-19H2,1-3H3,(H,33,34). The van der Waals surface area contributed by atoms with Gasteiger partial charge in [0.15, 0.2) is 0 Å². The number of aliphatic hydroxyl groups is 3. The van der Waals surface area contributed by atoms with Crippen molar-refractivity contribution < 1.29 is 34.8 Å². The third kappa shape index (κ3) is 12.9. The van der Waals surface area contributed by atoms with E-state index in [0.717, 1.165) is 31.2 Å². The predicted molar refractivity (Wildman–Crippen MR) is 135 cm³/mol. The molecule has 0 fully saturated rings. The molecule has 4 N–H and O–H groups in total. The van der Waals surface area contributed by atoms with E-state index in [2.05, 4.69) is 6.92 Å². The van der Waals surface area contributed by atoms with Crippen LogP contribution in [0.15, 0.2) is 24.3 Å². The van der Waals surface area contributed by atoms with Crippen LogP contribution < -0.4 is 4.74 Å². The van der Waals surface area contributed by atoms with Gasteiger partial charge in [-0.1, -0.05) is 45.2 Å². The third-order valence-electron chi connectivity index (χ3n) is 6.35. The van der Waals surface area contributed by atoms with Gasteiger partial charge in [0.1, 0.15) is 18.4 Å². The van der Waals surface area contributed by atoms with Crippen LogP contribution >= 0.6 is 0 Å². The van der Waals surface area contributed by atoms with Gasteiger partial charge in [-0.05, 0) is 55.7 Å². The SMILES string of the molecule is CCCC(O)CC(O)CCC(C)CCCCC(=O)N(C)C(Cc1ccc(OCCO)cc1)C(=O)O. The molecule has 4 atom stereocenters. The Labute approximate surface area is 209 Å². The summed E-state index contributed by atoms with van der Waals surface area (Å²) < 4.78 is 5.32. The smallest absolute Gasteiger partial charge is 0.326 e. The number of rotatable bonds is 19. The van der Waals surface area contributed by atoms with Crippen LogP contribution in [0.1, 0.15) is 77.2 Å². The molecule has 0 aliphatic heterocycles. The maximum atomic E-state index is 12.6. The van der Waals surface area contributed by atoms with E-state index in [1.54, 1.807) is 24.3 Å². The molecule has 0 heterocycles. The van der Waals surface area contributed by atoms with E-state index in [-0.39, 0.29) is 25.5 Å². The van der Waals surface area contributed by atoms with Gasteiger partial charge in [-0.25, -0.2) is 4.79 Å². The Bertz CT molecular complexity index is 725. The molecular formula is C27H45NO7. The van der Waals surface area contributed by atoms with Gasteiger partial charge in [0.05, 0.1) is 18.8 Å². The molecule has 8 heteroatoms. The molecule has 1 aromatic carbocycles. The number of amides is 1. The van der Waals surface area contributed by atoms with Crippen molar-refractivity contribution in [3.05, 3.63) is 29.8 Å². The topological polar surface area (TPSA) is 128 Å². The van der Waals surface area contributed by atoms with Crippen molar-refractivity contribution >= 4 is 11.9 Å². The fourth-order valence-corrected chi connectivity index (χ4v) is 4.12. The number of likely N-dealkylation sites (N-methyl/N-ethyl adjacent to an activating group) is 1. The summed E-state index contributed by atoms with van der Waals surface area (Å²) in [5.74, 6) is -0.222. The molecule has 8 nitrogen and oxygen atoms in total. The molecule has 0 spiro atoms. The molecule has 4 unspecified atom stereocenters. The maximum Gasteiger partial charge on any atom is 0.326 e. The lowest BCUT2D eigenvalue weighted by Crippen LogP contribution is -2.43. The van der Waals surface area contributed by atoms with Crippen LogP contribution in [-0.4, -0.2) is 75.7 Å². The minimum Gasteiger partial charge on any atom is -0.491 e. The second kappa shape index (κ2) is 17.3. The summed E-state index contributed by atoms with van der Waals surface area (Å²) in [6, 6.07) is 6.03. The first-order chi connectivity index (χ1) is 16.7. The van der Waals surface area contributed by atoms with Crippen LogP contribution in [-0.2, 0) is 16.0 Å². The van der Waals surface area contributed by atoms with Gasteiger partial charge < -0.3 is 30.1 Å². The van der Waals surface area contributed by atoms with Crippen molar-refractivity contribution in [2.75, 3.05) is 20.3 Å². The van der Waals surface area contributed by atoms with Crippen LogP contribution in [0.3, 0.4) is 0 Å². The van der Waals surface area contributed by atoms with Gasteiger partial charge in [0, 0.05) is 19.9 Å². The van der Waals surface area contributed by atoms with E-state index < -0.39 is 24.2 Å². The largest absolute Gasteiger partial charge is 0.491 e. The van der Waals surface area contributed by atoms with Crippen molar-refractivity contribution in [2.45, 2.75) is 96.3 Å². The van der Waals surface area contributed by atoms with Gasteiger partial charge in [0.25, 0.3) is 0 Å². The van der Waals surface area contributed by atoms with Crippen LogP contribution in [0.25, 0.3) is 0 Å². The van der Waals surface area contributed by atoms with Crippen molar-refractivity contribution in [1.29, 1.82) is 0 Å². The molecule has 35 heavy (non-hydrogen) atoms. The number of aliphatic carboxylic acids is 1. The van der Waals surface area contributed by atoms with Gasteiger partial charge in [-0.2, -0.15) is 0 Å². The monoisotopic (exact) mass is 495 g/mol. The Kier molecular flexibility index (Phi) is 15.3. The number of carboxylic acid groups (broad SMARTS) is 1. The number of hydrogen-bond acceptors (Lipinski definition) is 6. The van der Waals surface area contributed by atoms with E-state index >= 15 is 0 Å². The maximum absolute atomic E-state index is 12.6. The molecule has 0 saturated carbocycles. The highest BCUT2D eigenvalue weighted by Gasteiger charge is 2.26. The second-order valence-electron chi connectivity index (χ2n) is 9.54.